The SMILES string of the molecule is CNC1CCN(C(=O)c2csc(-c3cccc(C(F)(F)F)c3)n2)CC1. The van der Waals surface area contributed by atoms with Gasteiger partial charge in [-0.1, -0.05) is 12.1 Å². The first-order valence-corrected chi connectivity index (χ1v) is 8.86. The molecule has 1 fully saturated rings. The fourth-order valence-corrected chi connectivity index (χ4v) is 3.66. The Morgan fingerprint density at radius 3 is 2.68 bits per heavy atom. The third kappa shape index (κ3) is 4.01. The maximum absolute atomic E-state index is 12.8. The Kier molecular flexibility index (Phi) is 5.10. The molecule has 0 unspecified atom stereocenters. The predicted molar refractivity (Wildman–Crippen MR) is 90.5 cm³/mol. The van der Waals surface area contributed by atoms with Gasteiger partial charge in [-0.2, -0.15) is 13.2 Å². The number of carbonyl (C=O) groups is 1. The van der Waals surface area contributed by atoms with Gasteiger partial charge in [-0.05, 0) is 32.0 Å². The number of carbonyl (C=O) groups excluding carboxylic acids is 1. The van der Waals surface area contributed by atoms with Gasteiger partial charge in [-0.3, -0.25) is 4.79 Å². The number of benzene rings is 1. The van der Waals surface area contributed by atoms with Crippen LogP contribution in [0.1, 0.15) is 28.9 Å². The smallest absolute Gasteiger partial charge is 0.337 e. The number of rotatable bonds is 3. The zero-order chi connectivity index (χ0) is 18.0. The van der Waals surface area contributed by atoms with Gasteiger partial charge in [0.1, 0.15) is 10.7 Å². The highest BCUT2D eigenvalue weighted by molar-refractivity contribution is 7.13. The highest BCUT2D eigenvalue weighted by Gasteiger charge is 2.31. The van der Waals surface area contributed by atoms with Crippen molar-refractivity contribution < 1.29 is 18.0 Å². The fraction of sp³-hybridized carbons (Fsp3) is 0.412. The molecule has 0 radical (unpaired) electrons. The van der Waals surface area contributed by atoms with E-state index in [-0.39, 0.29) is 5.91 Å². The number of hydrogen-bond donors (Lipinski definition) is 1. The predicted octanol–water partition coefficient (Wildman–Crippen LogP) is 3.65. The number of nitrogens with zero attached hydrogens (tertiary/aromatic N) is 2. The maximum atomic E-state index is 12.8. The Hall–Kier alpha value is -1.93. The van der Waals surface area contributed by atoms with Gasteiger partial charge in [0, 0.05) is 30.1 Å². The lowest BCUT2D eigenvalue weighted by Crippen LogP contribution is -2.44. The molecule has 0 bridgehead atoms. The Morgan fingerprint density at radius 1 is 1.32 bits per heavy atom. The molecule has 0 saturated carbocycles. The van der Waals surface area contributed by atoms with E-state index in [1.807, 2.05) is 7.05 Å². The van der Waals surface area contributed by atoms with Crippen LogP contribution in [0.25, 0.3) is 10.6 Å². The quantitative estimate of drug-likeness (QED) is 0.898. The lowest BCUT2D eigenvalue weighted by atomic mass is 10.1. The van der Waals surface area contributed by atoms with Gasteiger partial charge in [0.05, 0.1) is 5.56 Å². The second-order valence-corrected chi connectivity index (χ2v) is 6.83. The number of amides is 1. The molecule has 2 heterocycles. The molecule has 8 heteroatoms. The molecular formula is C17H18F3N3OS. The summed E-state index contributed by atoms with van der Waals surface area (Å²) in [5.41, 5.74) is -0.0599. The van der Waals surface area contributed by atoms with Gasteiger partial charge in [-0.25, -0.2) is 4.98 Å². The second kappa shape index (κ2) is 7.13. The van der Waals surface area contributed by atoms with Crippen LogP contribution in [-0.2, 0) is 6.18 Å². The van der Waals surface area contributed by atoms with Crippen molar-refractivity contribution in [3.63, 3.8) is 0 Å². The standard InChI is InChI=1S/C17H18F3N3OS/c1-21-13-5-7-23(8-6-13)16(24)14-10-25-15(22-14)11-3-2-4-12(9-11)17(18,19)20/h2-4,9-10,13,21H,5-8H2,1H3. The van der Waals surface area contributed by atoms with Gasteiger partial charge >= 0.3 is 6.18 Å². The summed E-state index contributed by atoms with van der Waals surface area (Å²) in [5, 5.41) is 5.23. The van der Waals surface area contributed by atoms with E-state index in [0.717, 1.165) is 25.0 Å². The monoisotopic (exact) mass is 369 g/mol. The first kappa shape index (κ1) is 17.9. The van der Waals surface area contributed by atoms with Crippen molar-refractivity contribution in [2.75, 3.05) is 20.1 Å². The third-order valence-corrected chi connectivity index (χ3v) is 5.24. The van der Waals surface area contributed by atoms with Crippen LogP contribution < -0.4 is 5.32 Å². The summed E-state index contributed by atoms with van der Waals surface area (Å²) >= 11 is 1.18. The molecule has 1 amide bonds. The molecule has 0 atom stereocenters. The van der Waals surface area contributed by atoms with E-state index in [9.17, 15) is 18.0 Å². The van der Waals surface area contributed by atoms with Gasteiger partial charge in [0.15, 0.2) is 0 Å². The fourth-order valence-electron chi connectivity index (χ4n) is 2.87. The third-order valence-electron chi connectivity index (χ3n) is 4.35. The van der Waals surface area contributed by atoms with Crippen molar-refractivity contribution in [3.05, 3.63) is 40.9 Å². The molecule has 1 N–H and O–H groups in total. The second-order valence-electron chi connectivity index (χ2n) is 5.97. The average molecular weight is 369 g/mol. The zero-order valence-electron chi connectivity index (χ0n) is 13.6. The number of piperidine rings is 1. The largest absolute Gasteiger partial charge is 0.416 e. The molecular weight excluding hydrogens is 351 g/mol. The normalized spacial score (nSPS) is 16.2. The van der Waals surface area contributed by atoms with Crippen LogP contribution in [0.4, 0.5) is 13.2 Å². The van der Waals surface area contributed by atoms with Crippen molar-refractivity contribution in [3.8, 4) is 10.6 Å². The van der Waals surface area contributed by atoms with Crippen LogP contribution >= 0.6 is 11.3 Å². The topological polar surface area (TPSA) is 45.2 Å². The number of alkyl halides is 3. The van der Waals surface area contributed by atoms with E-state index in [1.165, 1.54) is 17.4 Å². The van der Waals surface area contributed by atoms with Crippen LogP contribution in [0.5, 0.6) is 0 Å². The van der Waals surface area contributed by atoms with Crippen molar-refractivity contribution >= 4 is 17.2 Å². The van der Waals surface area contributed by atoms with Gasteiger partial charge in [0.2, 0.25) is 0 Å². The minimum atomic E-state index is -4.40. The summed E-state index contributed by atoms with van der Waals surface area (Å²) in [6.07, 6.45) is -2.64. The van der Waals surface area contributed by atoms with Crippen molar-refractivity contribution in [1.29, 1.82) is 0 Å². The average Bonchev–Trinajstić information content (AvgIpc) is 3.11. The first-order valence-electron chi connectivity index (χ1n) is 7.98. The Balaban J connectivity index is 1.76. The summed E-state index contributed by atoms with van der Waals surface area (Å²) in [6, 6.07) is 5.42. The van der Waals surface area contributed by atoms with Gasteiger partial charge in [0.25, 0.3) is 5.91 Å². The maximum Gasteiger partial charge on any atom is 0.416 e. The van der Waals surface area contributed by atoms with Crippen LogP contribution in [0.15, 0.2) is 29.6 Å². The van der Waals surface area contributed by atoms with E-state index >= 15 is 0 Å². The highest BCUT2D eigenvalue weighted by atomic mass is 32.1. The number of nitrogens with one attached hydrogen (secondary N) is 1. The van der Waals surface area contributed by atoms with Crippen molar-refractivity contribution in [2.24, 2.45) is 0 Å². The lowest BCUT2D eigenvalue weighted by Gasteiger charge is -2.31. The molecule has 1 saturated heterocycles. The minimum Gasteiger partial charge on any atom is -0.337 e. The van der Waals surface area contributed by atoms with Crippen LogP contribution in [0.3, 0.4) is 0 Å². The molecule has 25 heavy (non-hydrogen) atoms. The highest BCUT2D eigenvalue weighted by Crippen LogP contribution is 2.33. The lowest BCUT2D eigenvalue weighted by molar-refractivity contribution is -0.137. The molecule has 1 aliphatic rings. The van der Waals surface area contributed by atoms with Crippen LogP contribution in [-0.4, -0.2) is 42.0 Å². The summed E-state index contributed by atoms with van der Waals surface area (Å²) in [6.45, 7) is 1.31. The zero-order valence-corrected chi connectivity index (χ0v) is 14.5. The number of thiazole rings is 1. The van der Waals surface area contributed by atoms with E-state index in [2.05, 4.69) is 10.3 Å². The summed E-state index contributed by atoms with van der Waals surface area (Å²) in [5.74, 6) is -0.163. The van der Waals surface area contributed by atoms with Crippen LogP contribution in [0, 0.1) is 0 Å². The Morgan fingerprint density at radius 2 is 2.04 bits per heavy atom. The molecule has 0 spiro atoms. The Labute approximate surface area is 147 Å². The molecule has 1 aromatic carbocycles. The number of halogens is 3. The van der Waals surface area contributed by atoms with E-state index in [1.54, 1.807) is 16.3 Å². The van der Waals surface area contributed by atoms with E-state index < -0.39 is 11.7 Å². The molecule has 2 aromatic rings. The number of hydrogen-bond acceptors (Lipinski definition) is 4. The molecule has 1 aliphatic heterocycles. The number of aromatic nitrogens is 1. The summed E-state index contributed by atoms with van der Waals surface area (Å²) in [7, 11) is 1.91. The molecule has 1 aromatic heterocycles. The van der Waals surface area contributed by atoms with E-state index in [0.29, 0.717) is 35.4 Å². The summed E-state index contributed by atoms with van der Waals surface area (Å²) < 4.78 is 38.5. The molecule has 0 aliphatic carbocycles. The molecule has 134 valence electrons. The number of likely N-dealkylation sites (tertiary alicyclic amines) is 1. The van der Waals surface area contributed by atoms with Gasteiger partial charge < -0.3 is 10.2 Å². The van der Waals surface area contributed by atoms with Gasteiger partial charge in [-0.15, -0.1) is 11.3 Å². The minimum absolute atomic E-state index is 0.163. The van der Waals surface area contributed by atoms with E-state index in [4.69, 9.17) is 0 Å². The van der Waals surface area contributed by atoms with Crippen molar-refractivity contribution in [2.45, 2.75) is 25.1 Å². The molecule has 4 nitrogen and oxygen atoms in total. The van der Waals surface area contributed by atoms with Crippen LogP contribution in [0.2, 0.25) is 0 Å². The van der Waals surface area contributed by atoms with Crippen molar-refractivity contribution in [1.82, 2.24) is 15.2 Å². The summed E-state index contributed by atoms with van der Waals surface area (Å²) in [4.78, 5) is 18.5. The first-order chi connectivity index (χ1) is 11.9. The molecule has 3 rings (SSSR count). The Bertz CT molecular complexity index is 752.